The van der Waals surface area contributed by atoms with Gasteiger partial charge in [0.2, 0.25) is 15.3 Å². The van der Waals surface area contributed by atoms with E-state index in [1.165, 1.54) is 25.3 Å². The number of fused-ring (bicyclic) bond motifs is 2. The third kappa shape index (κ3) is 3.40. The molecule has 2 aromatic heterocycles. The number of anilines is 1. The maximum absolute atomic E-state index is 15.6. The van der Waals surface area contributed by atoms with Gasteiger partial charge in [0, 0.05) is 32.2 Å². The lowest BCUT2D eigenvalue weighted by molar-refractivity contribution is 0.411. The van der Waals surface area contributed by atoms with Crippen LogP contribution in [0.4, 0.5) is 10.1 Å². The Hall–Kier alpha value is -3.15. The number of rotatable bonds is 5. The standard InChI is InChI=1S/C25H24FN3O5S2/c1-34-23-19-16(13-17(26)20(23)28-11-9-27-10-12-28)21(30)18-22(31)25(35-24(18)29(19)14-7-8-14)36(32,33)15-5-3-2-4-6-15/h2-6,13-14,27,31H,7-12H2,1H3. The highest BCUT2D eigenvalue weighted by molar-refractivity contribution is 7.93. The monoisotopic (exact) mass is 529 g/mol. The molecule has 8 nitrogen and oxygen atoms in total. The van der Waals surface area contributed by atoms with Gasteiger partial charge in [0.1, 0.15) is 15.9 Å². The van der Waals surface area contributed by atoms with E-state index in [1.807, 2.05) is 9.47 Å². The summed E-state index contributed by atoms with van der Waals surface area (Å²) in [5.41, 5.74) is 0.0964. The molecule has 0 atom stereocenters. The van der Waals surface area contributed by atoms with Gasteiger partial charge in [0.15, 0.2) is 21.5 Å². The average molecular weight is 530 g/mol. The fourth-order valence-electron chi connectivity index (χ4n) is 4.97. The lowest BCUT2D eigenvalue weighted by Crippen LogP contribution is -2.44. The number of hydrogen-bond donors (Lipinski definition) is 2. The fourth-order valence-corrected chi connectivity index (χ4v) is 8.02. The van der Waals surface area contributed by atoms with E-state index in [0.717, 1.165) is 24.2 Å². The number of methoxy groups -OCH3 is 1. The predicted octanol–water partition coefficient (Wildman–Crippen LogP) is 3.65. The van der Waals surface area contributed by atoms with E-state index in [0.29, 0.717) is 36.5 Å². The highest BCUT2D eigenvalue weighted by Gasteiger charge is 2.36. The van der Waals surface area contributed by atoms with Gasteiger partial charge in [-0.3, -0.25) is 4.79 Å². The van der Waals surface area contributed by atoms with Crippen LogP contribution >= 0.6 is 11.3 Å². The molecule has 0 unspecified atom stereocenters. The van der Waals surface area contributed by atoms with Gasteiger partial charge in [-0.2, -0.15) is 0 Å². The zero-order valence-electron chi connectivity index (χ0n) is 19.5. The summed E-state index contributed by atoms with van der Waals surface area (Å²) in [6, 6.07) is 8.96. The number of nitrogens with one attached hydrogen (secondary N) is 1. The average Bonchev–Trinajstić information content (AvgIpc) is 3.66. The molecule has 0 spiro atoms. The molecule has 36 heavy (non-hydrogen) atoms. The third-order valence-corrected chi connectivity index (χ3v) is 10.2. The summed E-state index contributed by atoms with van der Waals surface area (Å²) in [5.74, 6) is -0.934. The molecular weight excluding hydrogens is 505 g/mol. The number of thiophene rings is 1. The number of benzene rings is 2. The number of sulfone groups is 1. The van der Waals surface area contributed by atoms with Crippen molar-refractivity contribution in [2.75, 3.05) is 38.2 Å². The molecule has 1 aliphatic carbocycles. The van der Waals surface area contributed by atoms with Gasteiger partial charge in [-0.05, 0) is 31.0 Å². The van der Waals surface area contributed by atoms with Crippen molar-refractivity contribution in [3.8, 4) is 11.5 Å². The number of aromatic hydroxyl groups is 1. The van der Waals surface area contributed by atoms with Gasteiger partial charge in [0.25, 0.3) is 0 Å². The quantitative estimate of drug-likeness (QED) is 0.407. The topological polar surface area (TPSA) is 101 Å². The summed E-state index contributed by atoms with van der Waals surface area (Å²) < 4.78 is 49.7. The maximum atomic E-state index is 15.6. The van der Waals surface area contributed by atoms with E-state index in [4.69, 9.17) is 4.74 Å². The van der Waals surface area contributed by atoms with Gasteiger partial charge in [-0.1, -0.05) is 18.2 Å². The normalized spacial score (nSPS) is 16.7. The minimum absolute atomic E-state index is 0.0174. The zero-order chi connectivity index (χ0) is 25.2. The first-order valence-electron chi connectivity index (χ1n) is 11.7. The maximum Gasteiger partial charge on any atom is 0.219 e. The molecule has 1 aliphatic heterocycles. The summed E-state index contributed by atoms with van der Waals surface area (Å²) in [7, 11) is -2.64. The molecule has 2 aliphatic rings. The Kier molecular flexibility index (Phi) is 5.47. The van der Waals surface area contributed by atoms with Crippen molar-refractivity contribution >= 4 is 48.0 Å². The van der Waals surface area contributed by atoms with Crippen LogP contribution < -0.4 is 20.4 Å². The molecule has 0 radical (unpaired) electrons. The summed E-state index contributed by atoms with van der Waals surface area (Å²) >= 11 is 0.867. The molecule has 1 saturated heterocycles. The van der Waals surface area contributed by atoms with Gasteiger partial charge in [-0.15, -0.1) is 11.3 Å². The van der Waals surface area contributed by atoms with Crippen molar-refractivity contribution in [2.45, 2.75) is 28.0 Å². The van der Waals surface area contributed by atoms with Crippen LogP contribution in [0.15, 0.2) is 50.3 Å². The fraction of sp³-hybridized carbons (Fsp3) is 0.320. The molecule has 1 saturated carbocycles. The summed E-state index contributed by atoms with van der Waals surface area (Å²) in [6.07, 6.45) is 1.63. The first-order chi connectivity index (χ1) is 17.3. The number of aromatic nitrogens is 1. The van der Waals surface area contributed by atoms with Crippen LogP contribution in [0.3, 0.4) is 0 Å². The van der Waals surface area contributed by atoms with Crippen molar-refractivity contribution in [1.29, 1.82) is 0 Å². The van der Waals surface area contributed by atoms with Crippen molar-refractivity contribution in [3.05, 3.63) is 52.4 Å². The van der Waals surface area contributed by atoms with E-state index < -0.39 is 26.8 Å². The molecule has 11 heteroatoms. The highest BCUT2D eigenvalue weighted by Crippen LogP contribution is 2.49. The number of piperazine rings is 1. The van der Waals surface area contributed by atoms with Crippen LogP contribution in [0, 0.1) is 5.82 Å². The van der Waals surface area contributed by atoms with Gasteiger partial charge in [0.05, 0.1) is 22.9 Å². The van der Waals surface area contributed by atoms with Crippen molar-refractivity contribution in [1.82, 2.24) is 9.88 Å². The van der Waals surface area contributed by atoms with Crippen molar-refractivity contribution in [3.63, 3.8) is 0 Å². The second-order valence-electron chi connectivity index (χ2n) is 9.04. The van der Waals surface area contributed by atoms with E-state index >= 15 is 4.39 Å². The van der Waals surface area contributed by atoms with Gasteiger partial charge < -0.3 is 24.6 Å². The first kappa shape index (κ1) is 23.3. The second kappa shape index (κ2) is 8.46. The molecule has 2 fully saturated rings. The van der Waals surface area contributed by atoms with Crippen molar-refractivity contribution in [2.24, 2.45) is 0 Å². The van der Waals surface area contributed by atoms with E-state index in [1.54, 1.807) is 18.2 Å². The Morgan fingerprint density at radius 2 is 1.86 bits per heavy atom. The molecular formula is C25H24FN3O5S2. The summed E-state index contributed by atoms with van der Waals surface area (Å²) in [5, 5.41) is 14.3. The molecule has 2 aromatic carbocycles. The van der Waals surface area contributed by atoms with Crippen LogP contribution in [-0.2, 0) is 9.84 Å². The Labute approximate surface area is 210 Å². The van der Waals surface area contributed by atoms with Crippen LogP contribution in [-0.4, -0.2) is 51.4 Å². The van der Waals surface area contributed by atoms with Gasteiger partial charge in [-0.25, -0.2) is 12.8 Å². The largest absolute Gasteiger partial charge is 0.505 e. The number of halogens is 1. The lowest BCUT2D eigenvalue weighted by Gasteiger charge is -2.31. The molecule has 0 bridgehead atoms. The number of pyridine rings is 1. The van der Waals surface area contributed by atoms with Crippen LogP contribution in [0.25, 0.3) is 21.1 Å². The van der Waals surface area contributed by atoms with E-state index in [-0.39, 0.29) is 37.4 Å². The number of ether oxygens (including phenoxy) is 1. The number of hydrogen-bond acceptors (Lipinski definition) is 8. The van der Waals surface area contributed by atoms with E-state index in [9.17, 15) is 18.3 Å². The summed E-state index contributed by atoms with van der Waals surface area (Å²) in [6.45, 7) is 2.53. The van der Waals surface area contributed by atoms with Crippen LogP contribution in [0.5, 0.6) is 11.5 Å². The van der Waals surface area contributed by atoms with Crippen molar-refractivity contribution < 1.29 is 22.7 Å². The highest BCUT2D eigenvalue weighted by atomic mass is 32.2. The minimum Gasteiger partial charge on any atom is -0.505 e. The molecule has 4 aromatic rings. The Morgan fingerprint density at radius 1 is 1.17 bits per heavy atom. The van der Waals surface area contributed by atoms with Crippen LogP contribution in [0.1, 0.15) is 18.9 Å². The molecule has 0 amide bonds. The minimum atomic E-state index is -4.08. The molecule has 3 heterocycles. The van der Waals surface area contributed by atoms with Crippen LogP contribution in [0.2, 0.25) is 0 Å². The molecule has 188 valence electrons. The predicted molar refractivity (Wildman–Crippen MR) is 137 cm³/mol. The smallest absolute Gasteiger partial charge is 0.219 e. The number of nitrogens with zero attached hydrogens (tertiary/aromatic N) is 2. The van der Waals surface area contributed by atoms with Gasteiger partial charge >= 0.3 is 0 Å². The third-order valence-electron chi connectivity index (χ3n) is 6.79. The SMILES string of the molecule is COc1c(N2CCNCC2)c(F)cc2c(=O)c3c(O)c(S(=O)(=O)c4ccccc4)sc3n(C3CC3)c12. The first-order valence-corrected chi connectivity index (χ1v) is 14.0. The Bertz CT molecular complexity index is 1670. The molecule has 2 N–H and O–H groups in total. The zero-order valence-corrected chi connectivity index (χ0v) is 21.1. The second-order valence-corrected chi connectivity index (χ2v) is 12.2. The summed E-state index contributed by atoms with van der Waals surface area (Å²) in [4.78, 5) is 15.9. The Balaban J connectivity index is 1.71. The lowest BCUT2D eigenvalue weighted by atomic mass is 10.1. The Morgan fingerprint density at radius 3 is 2.50 bits per heavy atom. The van der Waals surface area contributed by atoms with E-state index in [2.05, 4.69) is 5.32 Å². The molecule has 6 rings (SSSR count).